The molecule has 1 heterocycles. The molecule has 2 fully saturated rings. The zero-order valence-electron chi connectivity index (χ0n) is 12.0. The molecule has 2 aliphatic rings. The van der Waals surface area contributed by atoms with E-state index in [2.05, 4.69) is 17.1 Å². The highest BCUT2D eigenvalue weighted by Crippen LogP contribution is 2.34. The molecule has 2 nitrogen and oxygen atoms in total. The molecule has 0 bridgehead atoms. The summed E-state index contributed by atoms with van der Waals surface area (Å²) < 4.78 is 13.6. The predicted molar refractivity (Wildman–Crippen MR) is 80.5 cm³/mol. The molecule has 3 rings (SSSR count). The standard InChI is InChI=1S/C16H22ClFN2/c1-12-9-19-16(7-2-3-8-16)11-20(12)10-13-5-4-6-14(18)15(13)17/h4-6,12,19H,2-3,7-11H2,1H3. The summed E-state index contributed by atoms with van der Waals surface area (Å²) in [5, 5.41) is 4.01. The van der Waals surface area contributed by atoms with Gasteiger partial charge in [0.2, 0.25) is 0 Å². The largest absolute Gasteiger partial charge is 0.308 e. The normalized spacial score (nSPS) is 26.2. The minimum Gasteiger partial charge on any atom is -0.308 e. The van der Waals surface area contributed by atoms with Crippen LogP contribution in [-0.4, -0.2) is 29.6 Å². The van der Waals surface area contributed by atoms with Gasteiger partial charge in [0, 0.05) is 31.2 Å². The molecule has 4 heteroatoms. The van der Waals surface area contributed by atoms with E-state index in [9.17, 15) is 4.39 Å². The Morgan fingerprint density at radius 1 is 1.40 bits per heavy atom. The fourth-order valence-corrected chi connectivity index (χ4v) is 3.77. The molecular formula is C16H22ClFN2. The van der Waals surface area contributed by atoms with Crippen LogP contribution in [0.1, 0.15) is 38.2 Å². The first-order chi connectivity index (χ1) is 9.60. The lowest BCUT2D eigenvalue weighted by Gasteiger charge is -2.45. The SMILES string of the molecule is CC1CNC2(CCCC2)CN1Cc1cccc(F)c1Cl. The highest BCUT2D eigenvalue weighted by atomic mass is 35.5. The van der Waals surface area contributed by atoms with Crippen molar-refractivity contribution >= 4 is 11.6 Å². The smallest absolute Gasteiger partial charge is 0.142 e. The zero-order valence-corrected chi connectivity index (χ0v) is 12.7. The molecule has 0 aromatic heterocycles. The summed E-state index contributed by atoms with van der Waals surface area (Å²) in [4.78, 5) is 2.45. The van der Waals surface area contributed by atoms with Crippen LogP contribution in [-0.2, 0) is 6.54 Å². The maximum absolute atomic E-state index is 13.6. The summed E-state index contributed by atoms with van der Waals surface area (Å²) in [6.07, 6.45) is 5.14. The summed E-state index contributed by atoms with van der Waals surface area (Å²) >= 11 is 6.09. The molecule has 1 aromatic carbocycles. The van der Waals surface area contributed by atoms with E-state index < -0.39 is 0 Å². The van der Waals surface area contributed by atoms with E-state index >= 15 is 0 Å². The van der Waals surface area contributed by atoms with Crippen molar-refractivity contribution in [2.75, 3.05) is 13.1 Å². The van der Waals surface area contributed by atoms with Gasteiger partial charge < -0.3 is 5.32 Å². The lowest BCUT2D eigenvalue weighted by molar-refractivity contribution is 0.0826. The average molecular weight is 297 g/mol. The third-order valence-corrected chi connectivity index (χ3v) is 5.29. The molecule has 1 saturated heterocycles. The molecule has 1 aliphatic heterocycles. The summed E-state index contributed by atoms with van der Waals surface area (Å²) in [6.45, 7) is 5.01. The summed E-state index contributed by atoms with van der Waals surface area (Å²) in [5.74, 6) is -0.317. The van der Waals surface area contributed by atoms with Crippen molar-refractivity contribution in [1.82, 2.24) is 10.2 Å². The molecule has 1 unspecified atom stereocenters. The fourth-order valence-electron chi connectivity index (χ4n) is 3.58. The monoisotopic (exact) mass is 296 g/mol. The summed E-state index contributed by atoms with van der Waals surface area (Å²) in [5.41, 5.74) is 1.18. The maximum atomic E-state index is 13.6. The first kappa shape index (κ1) is 14.3. The zero-order chi connectivity index (χ0) is 14.2. The van der Waals surface area contributed by atoms with Crippen molar-refractivity contribution in [2.45, 2.75) is 50.7 Å². The topological polar surface area (TPSA) is 15.3 Å². The fraction of sp³-hybridized carbons (Fsp3) is 0.625. The van der Waals surface area contributed by atoms with Crippen molar-refractivity contribution in [3.8, 4) is 0 Å². The average Bonchev–Trinajstić information content (AvgIpc) is 2.88. The Hall–Kier alpha value is -0.640. The van der Waals surface area contributed by atoms with Gasteiger partial charge in [0.1, 0.15) is 5.82 Å². The molecule has 1 spiro atoms. The molecule has 1 atom stereocenters. The Morgan fingerprint density at radius 2 is 2.15 bits per heavy atom. The highest BCUT2D eigenvalue weighted by molar-refractivity contribution is 6.31. The molecule has 1 saturated carbocycles. The van der Waals surface area contributed by atoms with Crippen LogP contribution in [0.3, 0.4) is 0 Å². The van der Waals surface area contributed by atoms with Crippen LogP contribution in [0.15, 0.2) is 18.2 Å². The van der Waals surface area contributed by atoms with Gasteiger partial charge in [-0.15, -0.1) is 0 Å². The number of hydrogen-bond acceptors (Lipinski definition) is 2. The second kappa shape index (κ2) is 5.63. The van der Waals surface area contributed by atoms with Gasteiger partial charge in [-0.2, -0.15) is 0 Å². The van der Waals surface area contributed by atoms with Crippen LogP contribution in [0.4, 0.5) is 4.39 Å². The first-order valence-corrected chi connectivity index (χ1v) is 7.89. The summed E-state index contributed by atoms with van der Waals surface area (Å²) in [7, 11) is 0. The van der Waals surface area contributed by atoms with Crippen LogP contribution in [0.5, 0.6) is 0 Å². The second-order valence-electron chi connectivity index (χ2n) is 6.34. The van der Waals surface area contributed by atoms with Crippen molar-refractivity contribution < 1.29 is 4.39 Å². The maximum Gasteiger partial charge on any atom is 0.142 e. The van der Waals surface area contributed by atoms with E-state index in [4.69, 9.17) is 11.6 Å². The van der Waals surface area contributed by atoms with Gasteiger partial charge in [0.15, 0.2) is 0 Å². The highest BCUT2D eigenvalue weighted by Gasteiger charge is 2.39. The van der Waals surface area contributed by atoms with Crippen LogP contribution in [0, 0.1) is 5.82 Å². The summed E-state index contributed by atoms with van der Waals surface area (Å²) in [6, 6.07) is 5.56. The van der Waals surface area contributed by atoms with E-state index in [0.717, 1.165) is 25.2 Å². The van der Waals surface area contributed by atoms with Gasteiger partial charge in [-0.1, -0.05) is 36.6 Å². The number of nitrogens with zero attached hydrogens (tertiary/aromatic N) is 1. The Bertz CT molecular complexity index is 485. The van der Waals surface area contributed by atoms with E-state index in [1.165, 1.54) is 31.7 Å². The molecule has 110 valence electrons. The van der Waals surface area contributed by atoms with E-state index in [1.807, 2.05) is 6.07 Å². The third-order valence-electron chi connectivity index (χ3n) is 4.87. The van der Waals surface area contributed by atoms with Crippen molar-refractivity contribution in [1.29, 1.82) is 0 Å². The Morgan fingerprint density at radius 3 is 2.90 bits per heavy atom. The Labute approximate surface area is 125 Å². The third kappa shape index (κ3) is 2.72. The Kier molecular flexibility index (Phi) is 4.02. The molecule has 1 aliphatic carbocycles. The number of benzene rings is 1. The number of rotatable bonds is 2. The number of halogens is 2. The molecule has 1 aromatic rings. The molecule has 1 N–H and O–H groups in total. The van der Waals surface area contributed by atoms with Crippen LogP contribution in [0.25, 0.3) is 0 Å². The molecule has 0 amide bonds. The number of piperazine rings is 1. The predicted octanol–water partition coefficient (Wildman–Crippen LogP) is 3.59. The van der Waals surface area contributed by atoms with Gasteiger partial charge in [0.25, 0.3) is 0 Å². The van der Waals surface area contributed by atoms with Crippen LogP contribution >= 0.6 is 11.6 Å². The van der Waals surface area contributed by atoms with Gasteiger partial charge in [-0.25, -0.2) is 4.39 Å². The number of nitrogens with one attached hydrogen (secondary N) is 1. The van der Waals surface area contributed by atoms with Crippen molar-refractivity contribution in [3.05, 3.63) is 34.6 Å². The van der Waals surface area contributed by atoms with Crippen LogP contribution < -0.4 is 5.32 Å². The van der Waals surface area contributed by atoms with E-state index in [1.54, 1.807) is 6.07 Å². The van der Waals surface area contributed by atoms with Gasteiger partial charge in [0.05, 0.1) is 5.02 Å². The van der Waals surface area contributed by atoms with Crippen LogP contribution in [0.2, 0.25) is 5.02 Å². The van der Waals surface area contributed by atoms with Gasteiger partial charge in [-0.3, -0.25) is 4.90 Å². The number of hydrogen-bond donors (Lipinski definition) is 1. The van der Waals surface area contributed by atoms with Gasteiger partial charge in [-0.05, 0) is 31.4 Å². The van der Waals surface area contributed by atoms with E-state index in [0.29, 0.717) is 6.04 Å². The van der Waals surface area contributed by atoms with Crippen molar-refractivity contribution in [2.24, 2.45) is 0 Å². The molecule has 20 heavy (non-hydrogen) atoms. The lowest BCUT2D eigenvalue weighted by Crippen LogP contribution is -2.62. The van der Waals surface area contributed by atoms with Crippen molar-refractivity contribution in [3.63, 3.8) is 0 Å². The lowest BCUT2D eigenvalue weighted by atomic mass is 9.92. The minimum absolute atomic E-state index is 0.277. The minimum atomic E-state index is -0.317. The van der Waals surface area contributed by atoms with E-state index in [-0.39, 0.29) is 16.4 Å². The second-order valence-corrected chi connectivity index (χ2v) is 6.71. The quantitative estimate of drug-likeness (QED) is 0.897. The molecule has 0 radical (unpaired) electrons. The Balaban J connectivity index is 1.76. The molecular weight excluding hydrogens is 275 g/mol. The first-order valence-electron chi connectivity index (χ1n) is 7.52. The van der Waals surface area contributed by atoms with Gasteiger partial charge >= 0.3 is 0 Å².